The number of thiazole rings is 1. The molecule has 3 aromatic rings. The lowest BCUT2D eigenvalue weighted by Gasteiger charge is -2.04. The van der Waals surface area contributed by atoms with Crippen molar-refractivity contribution < 1.29 is 13.2 Å². The summed E-state index contributed by atoms with van der Waals surface area (Å²) >= 11 is 14.2. The van der Waals surface area contributed by atoms with Crippen molar-refractivity contribution in [1.29, 1.82) is 0 Å². The summed E-state index contributed by atoms with van der Waals surface area (Å²) in [5, 5.41) is 5.03. The van der Waals surface area contributed by atoms with Gasteiger partial charge in [-0.2, -0.15) is 0 Å². The van der Waals surface area contributed by atoms with Gasteiger partial charge in [-0.25, -0.2) is 13.4 Å². The van der Waals surface area contributed by atoms with Crippen molar-refractivity contribution in [3.05, 3.63) is 51.1 Å². The van der Waals surface area contributed by atoms with E-state index in [4.69, 9.17) is 23.2 Å². The van der Waals surface area contributed by atoms with Gasteiger partial charge in [-0.15, -0.1) is 22.7 Å². The smallest absolute Gasteiger partial charge is 0.241 e. The quantitative estimate of drug-likeness (QED) is 0.639. The van der Waals surface area contributed by atoms with Crippen LogP contribution < -0.4 is 5.32 Å². The van der Waals surface area contributed by atoms with Gasteiger partial charge in [0.05, 0.1) is 19.8 Å². The van der Waals surface area contributed by atoms with Gasteiger partial charge < -0.3 is 5.32 Å². The Morgan fingerprint density at radius 2 is 1.84 bits per heavy atom. The number of halogens is 2. The fourth-order valence-corrected chi connectivity index (χ4v) is 5.02. The number of rotatable bonds is 5. The van der Waals surface area contributed by atoms with Crippen LogP contribution in [0.3, 0.4) is 0 Å². The maximum absolute atomic E-state index is 12.2. The third kappa shape index (κ3) is 4.59. The predicted octanol–water partition coefficient (Wildman–Crippen LogP) is 4.59. The molecular formula is C15H10Cl2N2O3S3. The highest BCUT2D eigenvalue weighted by Gasteiger charge is 2.20. The second-order valence-electron chi connectivity index (χ2n) is 4.90. The fourth-order valence-electron chi connectivity index (χ4n) is 1.95. The van der Waals surface area contributed by atoms with E-state index in [1.165, 1.54) is 46.9 Å². The first kappa shape index (κ1) is 18.3. The summed E-state index contributed by atoms with van der Waals surface area (Å²) in [7, 11) is -3.75. The number of hydrogen-bond acceptors (Lipinski definition) is 6. The summed E-state index contributed by atoms with van der Waals surface area (Å²) in [6.07, 6.45) is 0. The highest BCUT2D eigenvalue weighted by Crippen LogP contribution is 2.32. The van der Waals surface area contributed by atoms with Crippen molar-refractivity contribution in [2.24, 2.45) is 0 Å². The summed E-state index contributed by atoms with van der Waals surface area (Å²) in [5.74, 6) is -1.32. The van der Waals surface area contributed by atoms with Gasteiger partial charge in [0.1, 0.15) is 5.75 Å². The number of hydrogen-bond donors (Lipinski definition) is 1. The van der Waals surface area contributed by atoms with Gasteiger partial charge in [-0.05, 0) is 36.4 Å². The van der Waals surface area contributed by atoms with Crippen molar-refractivity contribution in [2.45, 2.75) is 4.90 Å². The lowest BCUT2D eigenvalue weighted by molar-refractivity contribution is -0.113. The van der Waals surface area contributed by atoms with Crippen molar-refractivity contribution in [1.82, 2.24) is 4.98 Å². The first-order chi connectivity index (χ1) is 11.8. The molecule has 0 fully saturated rings. The summed E-state index contributed by atoms with van der Waals surface area (Å²) < 4.78 is 25.1. The number of sulfone groups is 1. The molecule has 0 saturated heterocycles. The fraction of sp³-hybridized carbons (Fsp3) is 0.0667. The molecule has 0 aliphatic rings. The summed E-state index contributed by atoms with van der Waals surface area (Å²) in [5.41, 5.74) is 0.678. The van der Waals surface area contributed by atoms with Crippen molar-refractivity contribution in [2.75, 3.05) is 11.1 Å². The van der Waals surface area contributed by atoms with Crippen LogP contribution in [0.5, 0.6) is 0 Å². The normalized spacial score (nSPS) is 11.4. The average molecular weight is 433 g/mol. The molecular weight excluding hydrogens is 423 g/mol. The molecule has 2 heterocycles. The van der Waals surface area contributed by atoms with E-state index in [9.17, 15) is 13.2 Å². The number of thiophene rings is 1. The number of nitrogens with zero attached hydrogens (tertiary/aromatic N) is 1. The van der Waals surface area contributed by atoms with Crippen LogP contribution in [0, 0.1) is 0 Å². The van der Waals surface area contributed by atoms with Gasteiger partial charge in [0.15, 0.2) is 15.0 Å². The van der Waals surface area contributed by atoms with Crippen LogP contribution >= 0.6 is 45.9 Å². The van der Waals surface area contributed by atoms with E-state index in [1.54, 1.807) is 11.4 Å². The first-order valence-corrected chi connectivity index (χ1v) is 10.9. The minimum atomic E-state index is -3.75. The maximum Gasteiger partial charge on any atom is 0.241 e. The van der Waals surface area contributed by atoms with E-state index < -0.39 is 21.5 Å². The minimum Gasteiger partial charge on any atom is -0.301 e. The number of aromatic nitrogens is 1. The number of carbonyl (C=O) groups excluding carboxylic acids is 1. The molecule has 1 amide bonds. The molecule has 0 aliphatic carbocycles. The van der Waals surface area contributed by atoms with Crippen molar-refractivity contribution in [3.63, 3.8) is 0 Å². The van der Waals surface area contributed by atoms with Crippen molar-refractivity contribution in [3.8, 4) is 10.6 Å². The monoisotopic (exact) mass is 432 g/mol. The Hall–Kier alpha value is -1.45. The predicted molar refractivity (Wildman–Crippen MR) is 103 cm³/mol. The molecule has 5 nitrogen and oxygen atoms in total. The Balaban J connectivity index is 1.68. The van der Waals surface area contributed by atoms with E-state index in [0.717, 1.165) is 4.88 Å². The van der Waals surface area contributed by atoms with Gasteiger partial charge in [0.2, 0.25) is 5.91 Å². The zero-order valence-electron chi connectivity index (χ0n) is 12.4. The van der Waals surface area contributed by atoms with E-state index in [2.05, 4.69) is 10.3 Å². The Kier molecular flexibility index (Phi) is 5.45. The van der Waals surface area contributed by atoms with Gasteiger partial charge in [-0.3, -0.25) is 4.79 Å². The Morgan fingerprint density at radius 1 is 1.12 bits per heavy atom. The van der Waals surface area contributed by atoms with Crippen LogP contribution in [0.2, 0.25) is 9.36 Å². The van der Waals surface area contributed by atoms with Crippen LogP contribution in [0.25, 0.3) is 10.6 Å². The van der Waals surface area contributed by atoms with Crippen LogP contribution in [0.1, 0.15) is 0 Å². The zero-order valence-corrected chi connectivity index (χ0v) is 16.4. The van der Waals surface area contributed by atoms with E-state index in [1.807, 2.05) is 6.07 Å². The highest BCUT2D eigenvalue weighted by molar-refractivity contribution is 7.92. The Labute approximate surface area is 162 Å². The lowest BCUT2D eigenvalue weighted by atomic mass is 10.4. The Morgan fingerprint density at radius 3 is 2.48 bits per heavy atom. The standard InChI is InChI=1S/C15H10Cl2N2O3S3/c16-9-1-3-10(4-2-9)25(21,22)8-14(20)19-15-18-11(7-23-15)12-5-6-13(17)24-12/h1-7H,8H2,(H,18,19,20). The van der Waals surface area contributed by atoms with Crippen molar-refractivity contribution >= 4 is 66.8 Å². The first-order valence-electron chi connectivity index (χ1n) is 6.83. The third-order valence-electron chi connectivity index (χ3n) is 3.07. The minimum absolute atomic E-state index is 0.0418. The molecule has 0 saturated carbocycles. The van der Waals surface area contributed by atoms with Crippen LogP contribution in [0.15, 0.2) is 46.7 Å². The topological polar surface area (TPSA) is 76.1 Å². The van der Waals surface area contributed by atoms with Gasteiger partial charge in [0, 0.05) is 10.4 Å². The molecule has 0 unspecified atom stereocenters. The largest absolute Gasteiger partial charge is 0.301 e. The summed E-state index contributed by atoms with van der Waals surface area (Å²) in [6.45, 7) is 0. The molecule has 0 bridgehead atoms. The third-order valence-corrected chi connectivity index (χ3v) is 6.97. The number of carbonyl (C=O) groups is 1. The molecule has 0 atom stereocenters. The van der Waals surface area contributed by atoms with Crippen LogP contribution in [-0.4, -0.2) is 25.1 Å². The molecule has 3 rings (SSSR count). The number of amides is 1. The molecule has 0 radical (unpaired) electrons. The SMILES string of the molecule is O=C(CS(=O)(=O)c1ccc(Cl)cc1)Nc1nc(-c2ccc(Cl)s2)cs1. The van der Waals surface area contributed by atoms with Gasteiger partial charge in [-0.1, -0.05) is 23.2 Å². The molecule has 25 heavy (non-hydrogen) atoms. The number of nitrogens with one attached hydrogen (secondary N) is 1. The second-order valence-corrected chi connectivity index (χ2v) is 9.90. The molecule has 130 valence electrons. The van der Waals surface area contributed by atoms with E-state index in [-0.39, 0.29) is 4.90 Å². The highest BCUT2D eigenvalue weighted by atomic mass is 35.5. The second kappa shape index (κ2) is 7.43. The maximum atomic E-state index is 12.2. The molecule has 10 heteroatoms. The van der Waals surface area contributed by atoms with E-state index >= 15 is 0 Å². The number of benzene rings is 1. The Bertz CT molecular complexity index is 1010. The molecule has 0 spiro atoms. The van der Waals surface area contributed by atoms with Gasteiger partial charge in [0.25, 0.3) is 0 Å². The molecule has 0 aliphatic heterocycles. The summed E-state index contributed by atoms with van der Waals surface area (Å²) in [6, 6.07) is 9.26. The number of anilines is 1. The van der Waals surface area contributed by atoms with Crippen LogP contribution in [-0.2, 0) is 14.6 Å². The van der Waals surface area contributed by atoms with Gasteiger partial charge >= 0.3 is 0 Å². The molecule has 2 aromatic heterocycles. The molecule has 1 N–H and O–H groups in total. The summed E-state index contributed by atoms with van der Waals surface area (Å²) in [4.78, 5) is 17.2. The molecule has 1 aromatic carbocycles. The lowest BCUT2D eigenvalue weighted by Crippen LogP contribution is -2.22. The van der Waals surface area contributed by atoms with Crippen LogP contribution in [0.4, 0.5) is 5.13 Å². The zero-order chi connectivity index (χ0) is 18.0. The van der Waals surface area contributed by atoms with E-state index in [0.29, 0.717) is 20.2 Å². The average Bonchev–Trinajstić information content (AvgIpc) is 3.16.